The molecule has 18 aromatic rings. The van der Waals surface area contributed by atoms with Crippen molar-refractivity contribution in [3.63, 3.8) is 0 Å². The molecule has 2 aromatic heterocycles. The average molecular weight is 2070 g/mol. The molecule has 12 nitrogen and oxygen atoms in total. The topological polar surface area (TPSA) is 138 Å². The van der Waals surface area contributed by atoms with Crippen LogP contribution < -0.4 is 89.2 Å². The predicted octanol–water partition coefficient (Wildman–Crippen LogP) is 24.3. The second-order valence-electron chi connectivity index (χ2n) is 31.7. The molecule has 16 aromatic carbocycles. The van der Waals surface area contributed by atoms with Crippen LogP contribution in [0.25, 0.3) is 11.3 Å². The summed E-state index contributed by atoms with van der Waals surface area (Å²) in [6.07, 6.45) is 0. The molecule has 1 saturated heterocycles. The molecule has 1 aliphatic rings. The third kappa shape index (κ3) is 30.5. The molecule has 137 heavy (non-hydrogen) atoms. The average Bonchev–Trinajstić information content (AvgIpc) is 1.61. The fourth-order valence-electron chi connectivity index (χ4n) is 14.2. The van der Waals surface area contributed by atoms with Crippen LogP contribution >= 0.6 is 89.7 Å². The Labute approximate surface area is 850 Å². The van der Waals surface area contributed by atoms with Gasteiger partial charge in [0.05, 0.1) is 45.5 Å². The van der Waals surface area contributed by atoms with Gasteiger partial charge in [-0.05, 0) is 160 Å². The Balaban J connectivity index is 0.000000144. The summed E-state index contributed by atoms with van der Waals surface area (Å²) in [5.74, 6) is 3.52. The standard InChI is InChI=1S/C18H16Cl2N4O.4C18H15P.C13H17BCl2O3.C11H11ClN4.Pd/c1-11-22-18(21-10-12-6-4-3-5-7-12)17(24-23-11)14-8-13(25-2)9-15(19)16(14)20;4*1-4-10-16(11-5-1)19(17-12-6-2-7-13-17)18-14-8-3-9-15-18;1-12(2)13(3,4)19-14(18-12)9-6-8(17-5)7-10(15)11(9)16;1-8-14-11(10(12)16-15-8)13-7-9-5-3-2-4-6-9;/h3-9H,10H2,1-2H3,(H,21,22,23);4*1-15H;6-7H,1-5H3;2-6H,7H2,1H3,(H,13,14,15);. The largest absolute Gasteiger partial charge is 0.497 e. The van der Waals surface area contributed by atoms with E-state index >= 15 is 0 Å². The second-order valence-corrected chi connectivity index (χ2v) is 42.5. The summed E-state index contributed by atoms with van der Waals surface area (Å²) in [5.41, 5.74) is 3.26. The second kappa shape index (κ2) is 54.1. The first-order valence-electron chi connectivity index (χ1n) is 44.2. The van der Waals surface area contributed by atoms with Gasteiger partial charge in [0, 0.05) is 56.7 Å². The van der Waals surface area contributed by atoms with Gasteiger partial charge in [0.1, 0.15) is 28.8 Å². The first kappa shape index (κ1) is 104. The van der Waals surface area contributed by atoms with Crippen LogP contribution in [-0.2, 0) is 42.8 Å². The molecule has 3 heterocycles. The van der Waals surface area contributed by atoms with Crippen molar-refractivity contribution in [2.75, 3.05) is 24.9 Å². The molecule has 0 atom stereocenters. The predicted molar refractivity (Wildman–Crippen MR) is 583 cm³/mol. The molecule has 0 radical (unpaired) electrons. The number of nitrogens with one attached hydrogen (secondary N) is 2. The van der Waals surface area contributed by atoms with Crippen LogP contribution in [0.3, 0.4) is 0 Å². The molecule has 0 aliphatic carbocycles. The van der Waals surface area contributed by atoms with Crippen molar-refractivity contribution in [2.24, 2.45) is 0 Å². The van der Waals surface area contributed by atoms with Gasteiger partial charge in [-0.2, -0.15) is 0 Å². The third-order valence-electron chi connectivity index (χ3n) is 21.6. The van der Waals surface area contributed by atoms with E-state index in [0.29, 0.717) is 89.8 Å². The molecule has 1 fully saturated rings. The zero-order valence-electron chi connectivity index (χ0n) is 77.0. The Kier molecular flexibility index (Phi) is 41.2. The molecule has 19 rings (SSSR count). The number of halogens is 5. The Morgan fingerprint density at radius 1 is 0.292 bits per heavy atom. The van der Waals surface area contributed by atoms with Gasteiger partial charge < -0.3 is 29.4 Å². The maximum absolute atomic E-state index is 6.37. The van der Waals surface area contributed by atoms with E-state index in [-0.39, 0.29) is 20.4 Å². The quantitative estimate of drug-likeness (QED) is 0.0493. The van der Waals surface area contributed by atoms with Crippen LogP contribution in [-0.4, -0.2) is 62.9 Å². The van der Waals surface area contributed by atoms with Crippen LogP contribution in [0.4, 0.5) is 11.6 Å². The number of benzene rings is 16. The summed E-state index contributed by atoms with van der Waals surface area (Å²) in [4.78, 5) is 8.63. The summed E-state index contributed by atoms with van der Waals surface area (Å²) in [7, 11) is 0.809. The SMILES string of the molecule is COc1cc(Cl)c(Cl)c(-c2nnc(C)nc2NCc2ccccc2)c1.COc1cc(Cl)c(Cl)c(B2OC(C)(C)C(C)(C)O2)c1.Cc1nnc(Cl)c(NCc2ccccc2)n1.[Pd].c1ccc(P(c2ccccc2)c2ccccc2)cc1.c1ccc(P(c2ccccc2)c2ccccc2)cc1.c1ccc(P(c2ccccc2)c2ccccc2)cc1.c1ccc(P(c2ccccc2)c2ccccc2)cc1. The molecule has 0 unspecified atom stereocenters. The van der Waals surface area contributed by atoms with Gasteiger partial charge in [0.15, 0.2) is 16.8 Å². The van der Waals surface area contributed by atoms with Gasteiger partial charge in [-0.1, -0.05) is 483 Å². The minimum absolute atomic E-state index is 0. The molecule has 0 saturated carbocycles. The van der Waals surface area contributed by atoms with Crippen molar-refractivity contribution < 1.29 is 39.2 Å². The van der Waals surface area contributed by atoms with Crippen molar-refractivity contribution in [1.29, 1.82) is 0 Å². The van der Waals surface area contributed by atoms with Crippen molar-refractivity contribution >= 4 is 178 Å². The zero-order chi connectivity index (χ0) is 95.3. The van der Waals surface area contributed by atoms with Crippen molar-refractivity contribution in [3.8, 4) is 22.8 Å². The van der Waals surface area contributed by atoms with Gasteiger partial charge in [-0.25, -0.2) is 9.97 Å². The van der Waals surface area contributed by atoms with E-state index in [1.54, 1.807) is 52.3 Å². The van der Waals surface area contributed by atoms with E-state index in [9.17, 15) is 0 Å². The molecule has 0 amide bonds. The van der Waals surface area contributed by atoms with E-state index in [4.69, 9.17) is 76.8 Å². The fraction of sp³-hybridized carbons (Fsp3) is 0.105. The maximum atomic E-state index is 6.37. The third-order valence-corrected chi connectivity index (χ3v) is 33.2. The van der Waals surface area contributed by atoms with Crippen LogP contribution in [0.1, 0.15) is 50.5 Å². The Bertz CT molecular complexity index is 5760. The van der Waals surface area contributed by atoms with E-state index in [2.05, 4.69) is 405 Å². The number of methoxy groups -OCH3 is 2. The summed E-state index contributed by atoms with van der Waals surface area (Å²) in [6, 6.07) is 156. The summed E-state index contributed by atoms with van der Waals surface area (Å²) in [6.45, 7) is 12.8. The van der Waals surface area contributed by atoms with E-state index in [1.165, 1.54) is 63.7 Å². The van der Waals surface area contributed by atoms with Crippen LogP contribution in [0.15, 0.2) is 449 Å². The molecule has 0 bridgehead atoms. The van der Waals surface area contributed by atoms with E-state index in [1.807, 2.05) is 88.4 Å². The molecule has 23 heteroatoms. The number of aromatic nitrogens is 6. The van der Waals surface area contributed by atoms with Gasteiger partial charge in [-0.15, -0.1) is 20.4 Å². The van der Waals surface area contributed by atoms with E-state index in [0.717, 1.165) is 11.1 Å². The number of nitrogens with zero attached hydrogens (tertiary/aromatic N) is 6. The van der Waals surface area contributed by atoms with Gasteiger partial charge in [-0.3, -0.25) is 0 Å². The Hall–Kier alpha value is -11.4. The molecule has 0 spiro atoms. The smallest absolute Gasteiger partial charge is 0.496 e. The Morgan fingerprint density at radius 3 is 0.781 bits per heavy atom. The van der Waals surface area contributed by atoms with Gasteiger partial charge in [0.25, 0.3) is 0 Å². The van der Waals surface area contributed by atoms with Gasteiger partial charge >= 0.3 is 7.12 Å². The van der Waals surface area contributed by atoms with Crippen LogP contribution in [0.5, 0.6) is 11.5 Å². The summed E-state index contributed by atoms with van der Waals surface area (Å²) >= 11 is 30.8. The molecule has 2 N–H and O–H groups in total. The van der Waals surface area contributed by atoms with Crippen molar-refractivity contribution in [1.82, 2.24) is 30.4 Å². The van der Waals surface area contributed by atoms with Gasteiger partial charge in [0.2, 0.25) is 0 Å². The first-order valence-corrected chi connectivity index (χ1v) is 51.4. The van der Waals surface area contributed by atoms with Crippen molar-refractivity contribution in [2.45, 2.75) is 65.8 Å². The number of ether oxygens (including phenoxy) is 2. The number of rotatable bonds is 22. The number of hydrogen-bond acceptors (Lipinski definition) is 12. The van der Waals surface area contributed by atoms with E-state index < -0.39 is 50.0 Å². The number of aryl methyl sites for hydroxylation is 2. The molecular formula is C114H104BCl5N8O4P4Pd. The molecule has 692 valence electrons. The monoisotopic (exact) mass is 2060 g/mol. The minimum atomic E-state index is -0.551. The fourth-order valence-corrected chi connectivity index (χ4v) is 24.4. The number of anilines is 2. The first-order chi connectivity index (χ1) is 66.3. The summed E-state index contributed by atoms with van der Waals surface area (Å²) < 4.78 is 22.4. The maximum Gasteiger partial charge on any atom is 0.496 e. The Morgan fingerprint density at radius 2 is 0.518 bits per heavy atom. The molecule has 1 aliphatic heterocycles. The molecular weight excluding hydrogens is 1960 g/mol. The zero-order valence-corrected chi connectivity index (χ0v) is 85.9. The minimum Gasteiger partial charge on any atom is -0.497 e. The normalized spacial score (nSPS) is 11.8. The van der Waals surface area contributed by atoms with Crippen LogP contribution in [0, 0.1) is 13.8 Å². The number of hydrogen-bond donors (Lipinski definition) is 2. The van der Waals surface area contributed by atoms with Crippen LogP contribution in [0.2, 0.25) is 25.2 Å². The summed E-state index contributed by atoms with van der Waals surface area (Å²) in [5, 5.41) is 41.0. The van der Waals surface area contributed by atoms with Crippen molar-refractivity contribution in [3.05, 3.63) is 497 Å².